The van der Waals surface area contributed by atoms with E-state index in [1.807, 2.05) is 37.3 Å². The van der Waals surface area contributed by atoms with Gasteiger partial charge in [-0.3, -0.25) is 0 Å². The second-order valence-electron chi connectivity index (χ2n) is 3.11. The number of hydrogen-bond acceptors (Lipinski definition) is 4. The zero-order chi connectivity index (χ0) is 9.97. The monoisotopic (exact) mass is 189 g/mol. The van der Waals surface area contributed by atoms with Gasteiger partial charge in [-0.25, -0.2) is 0 Å². The van der Waals surface area contributed by atoms with Crippen LogP contribution < -0.4 is 5.73 Å². The first-order chi connectivity index (χ1) is 6.77. The molecule has 2 N–H and O–H groups in total. The van der Waals surface area contributed by atoms with Gasteiger partial charge in [-0.05, 0) is 6.92 Å². The van der Waals surface area contributed by atoms with Gasteiger partial charge in [-0.15, -0.1) is 0 Å². The summed E-state index contributed by atoms with van der Waals surface area (Å²) in [5.74, 6) is 1.04. The van der Waals surface area contributed by atoms with Crippen molar-refractivity contribution in [2.75, 3.05) is 0 Å². The van der Waals surface area contributed by atoms with Crippen LogP contribution in [0.3, 0.4) is 0 Å². The SMILES string of the molecule is C[C@H](N)c1nc(-c2ccccc2)no1. The third kappa shape index (κ3) is 1.65. The lowest BCUT2D eigenvalue weighted by Gasteiger charge is -1.93. The molecule has 2 aromatic rings. The second-order valence-corrected chi connectivity index (χ2v) is 3.11. The molecule has 72 valence electrons. The summed E-state index contributed by atoms with van der Waals surface area (Å²) in [5.41, 5.74) is 6.54. The molecule has 14 heavy (non-hydrogen) atoms. The van der Waals surface area contributed by atoms with E-state index in [1.165, 1.54) is 0 Å². The van der Waals surface area contributed by atoms with Crippen LogP contribution in [-0.4, -0.2) is 10.1 Å². The summed E-state index contributed by atoms with van der Waals surface area (Å²) in [6, 6.07) is 9.43. The third-order valence-electron chi connectivity index (χ3n) is 1.86. The maximum atomic E-state index is 5.61. The fourth-order valence-corrected chi connectivity index (χ4v) is 1.12. The Morgan fingerprint density at radius 1 is 1.29 bits per heavy atom. The van der Waals surface area contributed by atoms with Crippen LogP contribution in [0, 0.1) is 0 Å². The van der Waals surface area contributed by atoms with Crippen LogP contribution in [0.1, 0.15) is 18.9 Å². The molecule has 0 unspecified atom stereocenters. The third-order valence-corrected chi connectivity index (χ3v) is 1.86. The largest absolute Gasteiger partial charge is 0.337 e. The quantitative estimate of drug-likeness (QED) is 0.781. The molecule has 1 atom stereocenters. The van der Waals surface area contributed by atoms with Gasteiger partial charge in [0.25, 0.3) is 0 Å². The van der Waals surface area contributed by atoms with E-state index >= 15 is 0 Å². The molecular formula is C10H11N3O. The van der Waals surface area contributed by atoms with E-state index < -0.39 is 0 Å². The number of benzene rings is 1. The molecule has 1 heterocycles. The Morgan fingerprint density at radius 2 is 2.00 bits per heavy atom. The van der Waals surface area contributed by atoms with E-state index in [9.17, 15) is 0 Å². The first-order valence-electron chi connectivity index (χ1n) is 4.42. The van der Waals surface area contributed by atoms with Crippen LogP contribution in [0.25, 0.3) is 11.4 Å². The van der Waals surface area contributed by atoms with Gasteiger partial charge in [-0.2, -0.15) is 4.98 Å². The van der Waals surface area contributed by atoms with Gasteiger partial charge < -0.3 is 10.3 Å². The lowest BCUT2D eigenvalue weighted by atomic mass is 10.2. The molecule has 1 aromatic carbocycles. The van der Waals surface area contributed by atoms with E-state index in [4.69, 9.17) is 10.3 Å². The van der Waals surface area contributed by atoms with E-state index in [0.29, 0.717) is 11.7 Å². The van der Waals surface area contributed by atoms with E-state index in [-0.39, 0.29) is 6.04 Å². The van der Waals surface area contributed by atoms with Crippen molar-refractivity contribution in [3.8, 4) is 11.4 Å². The number of nitrogens with zero attached hydrogens (tertiary/aromatic N) is 2. The average molecular weight is 189 g/mol. The van der Waals surface area contributed by atoms with Crippen LogP contribution in [0.2, 0.25) is 0 Å². The fourth-order valence-electron chi connectivity index (χ4n) is 1.12. The highest BCUT2D eigenvalue weighted by molar-refractivity contribution is 5.53. The fraction of sp³-hybridized carbons (Fsp3) is 0.200. The summed E-state index contributed by atoms with van der Waals surface area (Å²) in [7, 11) is 0. The highest BCUT2D eigenvalue weighted by atomic mass is 16.5. The van der Waals surface area contributed by atoms with Gasteiger partial charge in [-0.1, -0.05) is 35.5 Å². The van der Waals surface area contributed by atoms with Crippen molar-refractivity contribution < 1.29 is 4.52 Å². The molecular weight excluding hydrogens is 178 g/mol. The maximum absolute atomic E-state index is 5.61. The van der Waals surface area contributed by atoms with Crippen LogP contribution in [0.15, 0.2) is 34.9 Å². The van der Waals surface area contributed by atoms with Gasteiger partial charge in [0.05, 0.1) is 6.04 Å². The Bertz CT molecular complexity index is 408. The van der Waals surface area contributed by atoms with Crippen LogP contribution in [0.4, 0.5) is 0 Å². The van der Waals surface area contributed by atoms with Gasteiger partial charge in [0.1, 0.15) is 0 Å². The zero-order valence-electron chi connectivity index (χ0n) is 7.84. The Kier molecular flexibility index (Phi) is 2.28. The van der Waals surface area contributed by atoms with Crippen LogP contribution in [0.5, 0.6) is 0 Å². The lowest BCUT2D eigenvalue weighted by molar-refractivity contribution is 0.362. The Morgan fingerprint density at radius 3 is 2.57 bits per heavy atom. The van der Waals surface area contributed by atoms with Crippen molar-refractivity contribution >= 4 is 0 Å². The number of aromatic nitrogens is 2. The first-order valence-corrected chi connectivity index (χ1v) is 4.42. The standard InChI is InChI=1S/C10H11N3O/c1-7(11)10-12-9(13-14-10)8-5-3-2-4-6-8/h2-7H,11H2,1H3/t7-/m0/s1. The highest BCUT2D eigenvalue weighted by Crippen LogP contribution is 2.16. The van der Waals surface area contributed by atoms with E-state index in [1.54, 1.807) is 0 Å². The van der Waals surface area contributed by atoms with Crippen molar-refractivity contribution in [1.82, 2.24) is 10.1 Å². The molecule has 0 saturated carbocycles. The summed E-state index contributed by atoms with van der Waals surface area (Å²) in [4.78, 5) is 4.18. The summed E-state index contributed by atoms with van der Waals surface area (Å²) in [5, 5.41) is 3.84. The Labute approximate surface area is 81.7 Å². The summed E-state index contributed by atoms with van der Waals surface area (Å²) in [6.45, 7) is 1.81. The van der Waals surface area contributed by atoms with E-state index in [2.05, 4.69) is 10.1 Å². The van der Waals surface area contributed by atoms with Crippen molar-refractivity contribution in [2.45, 2.75) is 13.0 Å². The van der Waals surface area contributed by atoms with Gasteiger partial charge in [0.15, 0.2) is 0 Å². The molecule has 0 amide bonds. The van der Waals surface area contributed by atoms with Crippen LogP contribution in [-0.2, 0) is 0 Å². The normalized spacial score (nSPS) is 12.7. The molecule has 0 fully saturated rings. The minimum Gasteiger partial charge on any atom is -0.337 e. The van der Waals surface area contributed by atoms with Gasteiger partial charge >= 0.3 is 0 Å². The number of nitrogens with two attached hydrogens (primary N) is 1. The first kappa shape index (κ1) is 8.90. The topological polar surface area (TPSA) is 64.9 Å². The van der Waals surface area contributed by atoms with Crippen LogP contribution >= 0.6 is 0 Å². The van der Waals surface area contributed by atoms with Crippen molar-refractivity contribution in [3.63, 3.8) is 0 Å². The van der Waals surface area contributed by atoms with Crippen molar-refractivity contribution in [3.05, 3.63) is 36.2 Å². The molecule has 0 bridgehead atoms. The molecule has 2 rings (SSSR count). The summed E-state index contributed by atoms with van der Waals surface area (Å²) in [6.07, 6.45) is 0. The predicted molar refractivity (Wildman–Crippen MR) is 52.3 cm³/mol. The molecule has 0 aliphatic rings. The molecule has 4 heteroatoms. The van der Waals surface area contributed by atoms with Gasteiger partial charge in [0.2, 0.25) is 11.7 Å². The highest BCUT2D eigenvalue weighted by Gasteiger charge is 2.10. The smallest absolute Gasteiger partial charge is 0.243 e. The molecule has 0 spiro atoms. The number of rotatable bonds is 2. The molecule has 0 aliphatic heterocycles. The lowest BCUT2D eigenvalue weighted by Crippen LogP contribution is -2.04. The molecule has 1 aromatic heterocycles. The number of hydrogen-bond donors (Lipinski definition) is 1. The minimum atomic E-state index is -0.222. The van der Waals surface area contributed by atoms with E-state index in [0.717, 1.165) is 5.56 Å². The second kappa shape index (κ2) is 3.59. The molecule has 0 aliphatic carbocycles. The predicted octanol–water partition coefficient (Wildman–Crippen LogP) is 1.76. The Hall–Kier alpha value is -1.68. The maximum Gasteiger partial charge on any atom is 0.243 e. The minimum absolute atomic E-state index is 0.222. The summed E-state index contributed by atoms with van der Waals surface area (Å²) < 4.78 is 4.99. The summed E-state index contributed by atoms with van der Waals surface area (Å²) >= 11 is 0. The zero-order valence-corrected chi connectivity index (χ0v) is 7.84. The van der Waals surface area contributed by atoms with Crippen molar-refractivity contribution in [1.29, 1.82) is 0 Å². The van der Waals surface area contributed by atoms with Crippen molar-refractivity contribution in [2.24, 2.45) is 5.73 Å². The van der Waals surface area contributed by atoms with Gasteiger partial charge in [0, 0.05) is 5.56 Å². The Balaban J connectivity index is 2.34. The molecule has 0 saturated heterocycles. The average Bonchev–Trinajstić information content (AvgIpc) is 2.68. The molecule has 0 radical (unpaired) electrons. The molecule has 4 nitrogen and oxygen atoms in total.